The van der Waals surface area contributed by atoms with Crippen molar-refractivity contribution in [3.05, 3.63) is 29.8 Å². The van der Waals surface area contributed by atoms with Gasteiger partial charge in [0.2, 0.25) is 10.0 Å². The van der Waals surface area contributed by atoms with Crippen molar-refractivity contribution in [3.8, 4) is 0 Å². The van der Waals surface area contributed by atoms with Crippen LogP contribution >= 0.6 is 0 Å². The fourth-order valence-electron chi connectivity index (χ4n) is 2.78. The molecule has 1 aromatic rings. The number of carboxylic acid groups (broad SMARTS) is 1. The van der Waals surface area contributed by atoms with Crippen molar-refractivity contribution in [3.63, 3.8) is 0 Å². The van der Waals surface area contributed by atoms with Crippen LogP contribution in [0.2, 0.25) is 0 Å². The molecular formula is C15H21NO4S. The van der Waals surface area contributed by atoms with Crippen LogP contribution in [0.1, 0.15) is 42.5 Å². The van der Waals surface area contributed by atoms with E-state index in [1.54, 1.807) is 7.05 Å². The molecule has 1 N–H and O–H groups in total. The maximum Gasteiger partial charge on any atom is 0.335 e. The third kappa shape index (κ3) is 3.83. The molecule has 0 aromatic heterocycles. The Bertz CT molecular complexity index is 589. The molecule has 0 heterocycles. The number of nitrogens with zero attached hydrogens (tertiary/aromatic N) is 1. The van der Waals surface area contributed by atoms with E-state index < -0.39 is 16.0 Å². The zero-order chi connectivity index (χ0) is 15.5. The van der Waals surface area contributed by atoms with Crippen LogP contribution in [0.25, 0.3) is 0 Å². The van der Waals surface area contributed by atoms with Crippen LogP contribution in [-0.4, -0.2) is 37.4 Å². The van der Waals surface area contributed by atoms with Gasteiger partial charge in [0, 0.05) is 13.6 Å². The summed E-state index contributed by atoms with van der Waals surface area (Å²) in [7, 11) is -1.95. The minimum atomic E-state index is -3.54. The largest absolute Gasteiger partial charge is 0.478 e. The third-order valence-electron chi connectivity index (χ3n) is 4.05. The summed E-state index contributed by atoms with van der Waals surface area (Å²) in [6.45, 7) is 0.531. The Morgan fingerprint density at radius 1 is 1.19 bits per heavy atom. The van der Waals surface area contributed by atoms with Crippen molar-refractivity contribution in [2.24, 2.45) is 5.92 Å². The van der Waals surface area contributed by atoms with E-state index in [2.05, 4.69) is 0 Å². The van der Waals surface area contributed by atoms with Crippen LogP contribution in [0.3, 0.4) is 0 Å². The predicted molar refractivity (Wildman–Crippen MR) is 79.8 cm³/mol. The Morgan fingerprint density at radius 2 is 1.76 bits per heavy atom. The van der Waals surface area contributed by atoms with Crippen LogP contribution in [0.15, 0.2) is 29.2 Å². The molecule has 0 unspecified atom stereocenters. The first-order valence-corrected chi connectivity index (χ1v) is 8.65. The van der Waals surface area contributed by atoms with Crippen LogP contribution in [-0.2, 0) is 10.0 Å². The molecule has 1 saturated carbocycles. The summed E-state index contributed by atoms with van der Waals surface area (Å²) < 4.78 is 26.3. The van der Waals surface area contributed by atoms with Gasteiger partial charge in [-0.2, -0.15) is 0 Å². The molecule has 1 aliphatic rings. The summed E-state index contributed by atoms with van der Waals surface area (Å²) in [5.74, 6) is -0.633. The van der Waals surface area contributed by atoms with Gasteiger partial charge < -0.3 is 5.11 Å². The number of aromatic carboxylic acids is 1. The standard InChI is InChI=1S/C15H21NO4S/c1-16(11-12-5-3-2-4-6-12)21(19,20)14-9-7-13(8-10-14)15(17)18/h7-10,12H,2-6,11H2,1H3,(H,17,18). The highest BCUT2D eigenvalue weighted by Crippen LogP contribution is 2.26. The molecule has 1 aliphatic carbocycles. The molecule has 2 rings (SSSR count). The number of carbonyl (C=O) groups is 1. The van der Waals surface area contributed by atoms with Gasteiger partial charge in [-0.1, -0.05) is 19.3 Å². The Balaban J connectivity index is 2.10. The Hall–Kier alpha value is -1.40. The lowest BCUT2D eigenvalue weighted by Gasteiger charge is -2.26. The number of carboxylic acids is 1. The monoisotopic (exact) mass is 311 g/mol. The molecule has 6 heteroatoms. The number of hydrogen-bond acceptors (Lipinski definition) is 3. The molecule has 1 aromatic carbocycles. The lowest BCUT2D eigenvalue weighted by molar-refractivity contribution is 0.0696. The van der Waals surface area contributed by atoms with Gasteiger partial charge in [-0.3, -0.25) is 0 Å². The molecule has 0 saturated heterocycles. The molecule has 21 heavy (non-hydrogen) atoms. The van der Waals surface area contributed by atoms with Crippen molar-refractivity contribution in [1.29, 1.82) is 0 Å². The van der Waals surface area contributed by atoms with E-state index in [4.69, 9.17) is 5.11 Å². The highest BCUT2D eigenvalue weighted by atomic mass is 32.2. The first-order valence-electron chi connectivity index (χ1n) is 7.21. The maximum atomic E-state index is 12.5. The second kappa shape index (κ2) is 6.58. The SMILES string of the molecule is CN(CC1CCCCC1)S(=O)(=O)c1ccc(C(=O)O)cc1. The zero-order valence-electron chi connectivity index (χ0n) is 12.2. The van der Waals surface area contributed by atoms with Gasteiger partial charge in [0.05, 0.1) is 10.5 Å². The van der Waals surface area contributed by atoms with Crippen molar-refractivity contribution in [2.45, 2.75) is 37.0 Å². The van der Waals surface area contributed by atoms with Gasteiger partial charge in [0.15, 0.2) is 0 Å². The Morgan fingerprint density at radius 3 is 2.29 bits per heavy atom. The molecule has 0 atom stereocenters. The molecule has 0 radical (unpaired) electrons. The van der Waals surface area contributed by atoms with E-state index in [0.717, 1.165) is 12.8 Å². The van der Waals surface area contributed by atoms with E-state index in [1.165, 1.54) is 47.8 Å². The third-order valence-corrected chi connectivity index (χ3v) is 5.89. The Labute approximate surface area is 125 Å². The number of rotatable bonds is 5. The highest BCUT2D eigenvalue weighted by Gasteiger charge is 2.24. The van der Waals surface area contributed by atoms with Gasteiger partial charge in [0.25, 0.3) is 0 Å². The van der Waals surface area contributed by atoms with E-state index >= 15 is 0 Å². The minimum Gasteiger partial charge on any atom is -0.478 e. The molecule has 0 spiro atoms. The van der Waals surface area contributed by atoms with Gasteiger partial charge in [-0.15, -0.1) is 0 Å². The van der Waals surface area contributed by atoms with E-state index in [-0.39, 0.29) is 10.5 Å². The quantitative estimate of drug-likeness (QED) is 0.907. The maximum absolute atomic E-state index is 12.5. The van der Waals surface area contributed by atoms with Crippen molar-refractivity contribution >= 4 is 16.0 Å². The summed E-state index contributed by atoms with van der Waals surface area (Å²) >= 11 is 0. The van der Waals surface area contributed by atoms with Crippen LogP contribution < -0.4 is 0 Å². The second-order valence-corrected chi connectivity index (χ2v) is 7.66. The van der Waals surface area contributed by atoms with Gasteiger partial charge >= 0.3 is 5.97 Å². The average molecular weight is 311 g/mol. The average Bonchev–Trinajstić information content (AvgIpc) is 2.48. The van der Waals surface area contributed by atoms with Gasteiger partial charge in [-0.25, -0.2) is 17.5 Å². The lowest BCUT2D eigenvalue weighted by Crippen LogP contribution is -2.32. The molecular weight excluding hydrogens is 290 g/mol. The molecule has 0 bridgehead atoms. The van der Waals surface area contributed by atoms with Crippen molar-refractivity contribution in [2.75, 3.05) is 13.6 Å². The van der Waals surface area contributed by atoms with Crippen LogP contribution in [0.5, 0.6) is 0 Å². The first-order chi connectivity index (χ1) is 9.91. The van der Waals surface area contributed by atoms with Crippen molar-refractivity contribution in [1.82, 2.24) is 4.31 Å². The predicted octanol–water partition coefficient (Wildman–Crippen LogP) is 2.59. The van der Waals surface area contributed by atoms with Crippen molar-refractivity contribution < 1.29 is 18.3 Å². The summed E-state index contributed by atoms with van der Waals surface area (Å²) in [6.07, 6.45) is 5.75. The second-order valence-electron chi connectivity index (χ2n) is 5.62. The highest BCUT2D eigenvalue weighted by molar-refractivity contribution is 7.89. The van der Waals surface area contributed by atoms with Gasteiger partial charge in [-0.05, 0) is 43.0 Å². The molecule has 0 aliphatic heterocycles. The van der Waals surface area contributed by atoms with Crippen LogP contribution in [0.4, 0.5) is 0 Å². The van der Waals surface area contributed by atoms with Crippen LogP contribution in [0, 0.1) is 5.92 Å². The first kappa shape index (κ1) is 16.0. The fourth-order valence-corrected chi connectivity index (χ4v) is 4.03. The van der Waals surface area contributed by atoms with E-state index in [0.29, 0.717) is 12.5 Å². The number of hydrogen-bond donors (Lipinski definition) is 1. The zero-order valence-corrected chi connectivity index (χ0v) is 13.0. The van der Waals surface area contributed by atoms with E-state index in [1.807, 2.05) is 0 Å². The topological polar surface area (TPSA) is 74.7 Å². The lowest BCUT2D eigenvalue weighted by atomic mass is 9.89. The molecule has 5 nitrogen and oxygen atoms in total. The number of benzene rings is 1. The Kier molecular flexibility index (Phi) is 5.00. The summed E-state index contributed by atoms with van der Waals surface area (Å²) in [4.78, 5) is 10.9. The molecule has 1 fully saturated rings. The van der Waals surface area contributed by atoms with E-state index in [9.17, 15) is 13.2 Å². The molecule has 116 valence electrons. The summed E-state index contributed by atoms with van der Waals surface area (Å²) in [5, 5.41) is 8.84. The summed E-state index contributed by atoms with van der Waals surface area (Å²) in [5.41, 5.74) is 0.0869. The summed E-state index contributed by atoms with van der Waals surface area (Å²) in [6, 6.07) is 5.36. The van der Waals surface area contributed by atoms with Gasteiger partial charge in [0.1, 0.15) is 0 Å². The minimum absolute atomic E-state index is 0.0869. The fraction of sp³-hybridized carbons (Fsp3) is 0.533. The smallest absolute Gasteiger partial charge is 0.335 e. The molecule has 0 amide bonds. The number of sulfonamides is 1. The normalized spacial score (nSPS) is 17.0.